The molecular weight excluding hydrogens is 416 g/mol. The lowest BCUT2D eigenvalue weighted by Crippen LogP contribution is -2.47. The Morgan fingerprint density at radius 1 is 1.18 bits per heavy atom. The van der Waals surface area contributed by atoms with Gasteiger partial charge in [-0.3, -0.25) is 4.79 Å². The average Bonchev–Trinajstić information content (AvgIpc) is 3.54. The van der Waals surface area contributed by atoms with Gasteiger partial charge in [0.25, 0.3) is 0 Å². The second-order valence-electron chi connectivity index (χ2n) is 9.79. The second kappa shape index (κ2) is 10.6. The molecule has 2 N–H and O–H groups in total. The number of aromatic hydroxyl groups is 1. The highest BCUT2D eigenvalue weighted by molar-refractivity contribution is 5.95. The molecule has 2 aliphatic heterocycles. The zero-order chi connectivity index (χ0) is 23.3. The van der Waals surface area contributed by atoms with Crippen LogP contribution in [0, 0.1) is 12.3 Å². The number of rotatable bonds is 8. The molecule has 2 heterocycles. The molecule has 1 amide bonds. The summed E-state index contributed by atoms with van der Waals surface area (Å²) in [7, 11) is 0. The zero-order valence-corrected chi connectivity index (χ0v) is 19.8. The van der Waals surface area contributed by atoms with Gasteiger partial charge in [-0.25, -0.2) is 0 Å². The third-order valence-corrected chi connectivity index (χ3v) is 6.47. The smallest absolute Gasteiger partial charge is 0.227 e. The summed E-state index contributed by atoms with van der Waals surface area (Å²) >= 11 is 0. The van der Waals surface area contributed by atoms with Crippen molar-refractivity contribution in [2.45, 2.75) is 45.4 Å². The van der Waals surface area contributed by atoms with E-state index in [1.165, 1.54) is 18.4 Å². The molecule has 2 aromatic rings. The first-order valence-corrected chi connectivity index (χ1v) is 12.0. The molecule has 1 saturated carbocycles. The van der Waals surface area contributed by atoms with Crippen molar-refractivity contribution in [3.8, 4) is 11.5 Å². The summed E-state index contributed by atoms with van der Waals surface area (Å²) in [5, 5.41) is 12.4. The molecule has 33 heavy (non-hydrogen) atoms. The Balaban J connectivity index is 0.000000214. The van der Waals surface area contributed by atoms with E-state index in [0.717, 1.165) is 62.2 Å². The highest BCUT2D eigenvalue weighted by Gasteiger charge is 2.32. The van der Waals surface area contributed by atoms with Crippen molar-refractivity contribution in [3.63, 3.8) is 0 Å². The molecule has 2 saturated heterocycles. The van der Waals surface area contributed by atoms with Crippen molar-refractivity contribution in [3.05, 3.63) is 53.6 Å². The van der Waals surface area contributed by atoms with Gasteiger partial charge in [0.2, 0.25) is 5.91 Å². The zero-order valence-electron chi connectivity index (χ0n) is 19.8. The molecule has 0 radical (unpaired) electrons. The molecule has 0 aromatic heterocycles. The number of anilines is 1. The van der Waals surface area contributed by atoms with Gasteiger partial charge in [0.1, 0.15) is 18.1 Å². The summed E-state index contributed by atoms with van der Waals surface area (Å²) in [5.41, 5.74) is 3.72. The van der Waals surface area contributed by atoms with Gasteiger partial charge in [-0.05, 0) is 73.6 Å². The van der Waals surface area contributed by atoms with E-state index in [0.29, 0.717) is 24.2 Å². The molecular formula is C27H36N2O4. The van der Waals surface area contributed by atoms with Crippen molar-refractivity contribution in [2.24, 2.45) is 5.41 Å². The van der Waals surface area contributed by atoms with E-state index in [-0.39, 0.29) is 5.91 Å². The van der Waals surface area contributed by atoms with E-state index in [2.05, 4.69) is 12.2 Å². The molecule has 0 bridgehead atoms. The molecule has 0 unspecified atom stereocenters. The fourth-order valence-corrected chi connectivity index (χ4v) is 4.22. The maximum Gasteiger partial charge on any atom is 0.227 e. The third-order valence-electron chi connectivity index (χ3n) is 6.47. The van der Waals surface area contributed by atoms with E-state index in [9.17, 15) is 4.79 Å². The molecule has 1 aliphatic carbocycles. The predicted molar refractivity (Wildman–Crippen MR) is 130 cm³/mol. The first kappa shape index (κ1) is 23.6. The monoisotopic (exact) mass is 452 g/mol. The van der Waals surface area contributed by atoms with Crippen LogP contribution in [0.1, 0.15) is 49.7 Å². The molecule has 178 valence electrons. The second-order valence-corrected chi connectivity index (χ2v) is 9.79. The SMILES string of the molecule is Cc1cc(N2CCCC2=O)ccc1OCCNCC1(C)COC1.Oc1ccc(C2CC2)cc1. The van der Waals surface area contributed by atoms with Crippen LogP contribution >= 0.6 is 0 Å². The molecule has 5 rings (SSSR count). The average molecular weight is 453 g/mol. The van der Waals surface area contributed by atoms with Crippen molar-refractivity contribution in [1.29, 1.82) is 0 Å². The minimum absolute atomic E-state index is 0.218. The van der Waals surface area contributed by atoms with Crippen LogP contribution < -0.4 is 15.0 Å². The Morgan fingerprint density at radius 2 is 1.94 bits per heavy atom. The van der Waals surface area contributed by atoms with E-state index in [4.69, 9.17) is 14.6 Å². The summed E-state index contributed by atoms with van der Waals surface area (Å²) in [6, 6.07) is 13.5. The van der Waals surface area contributed by atoms with Crippen molar-refractivity contribution in [1.82, 2.24) is 5.32 Å². The number of benzene rings is 2. The fraction of sp³-hybridized carbons (Fsp3) is 0.519. The van der Waals surface area contributed by atoms with Gasteiger partial charge < -0.3 is 24.8 Å². The molecule has 2 aromatic carbocycles. The van der Waals surface area contributed by atoms with Crippen molar-refractivity contribution in [2.75, 3.05) is 44.4 Å². The largest absolute Gasteiger partial charge is 0.508 e. The van der Waals surface area contributed by atoms with Gasteiger partial charge in [0.05, 0.1) is 13.2 Å². The summed E-state index contributed by atoms with van der Waals surface area (Å²) in [6.07, 6.45) is 4.26. The maximum absolute atomic E-state index is 11.8. The highest BCUT2D eigenvalue weighted by Crippen LogP contribution is 2.40. The van der Waals surface area contributed by atoms with E-state index >= 15 is 0 Å². The summed E-state index contributed by atoms with van der Waals surface area (Å²) in [4.78, 5) is 13.7. The first-order chi connectivity index (χ1) is 15.9. The molecule has 6 heteroatoms. The minimum Gasteiger partial charge on any atom is -0.508 e. The molecule has 0 atom stereocenters. The standard InChI is InChI=1S/C18H26N2O3.C9H10O/c1-14-10-15(20-8-3-4-17(20)21)5-6-16(14)23-9-7-19-11-18(2)12-22-13-18;10-9-5-3-8(4-6-9)7-1-2-7/h5-6,10,19H,3-4,7-9,11-13H2,1-2H3;3-7,10H,1-2H2. The lowest BCUT2D eigenvalue weighted by Gasteiger charge is -2.38. The number of phenols is 1. The van der Waals surface area contributed by atoms with E-state index < -0.39 is 0 Å². The van der Waals surface area contributed by atoms with Crippen LogP contribution in [0.5, 0.6) is 11.5 Å². The van der Waals surface area contributed by atoms with Crippen LogP contribution in [0.2, 0.25) is 0 Å². The van der Waals surface area contributed by atoms with Crippen LogP contribution in [-0.2, 0) is 9.53 Å². The van der Waals surface area contributed by atoms with Crippen molar-refractivity contribution < 1.29 is 19.4 Å². The summed E-state index contributed by atoms with van der Waals surface area (Å²) < 4.78 is 11.1. The number of hydrogen-bond acceptors (Lipinski definition) is 5. The van der Waals surface area contributed by atoms with Gasteiger partial charge in [-0.1, -0.05) is 19.1 Å². The first-order valence-electron chi connectivity index (χ1n) is 12.0. The number of hydrogen-bond donors (Lipinski definition) is 2. The summed E-state index contributed by atoms with van der Waals surface area (Å²) in [6.45, 7) is 9.19. The van der Waals surface area contributed by atoms with Gasteiger partial charge in [-0.2, -0.15) is 0 Å². The van der Waals surface area contributed by atoms with Gasteiger partial charge in [-0.15, -0.1) is 0 Å². The lowest BCUT2D eigenvalue weighted by atomic mass is 9.89. The Bertz CT molecular complexity index is 936. The normalized spacial score (nSPS) is 19.0. The minimum atomic E-state index is 0.218. The number of amides is 1. The third kappa shape index (κ3) is 6.49. The number of carbonyl (C=O) groups excluding carboxylic acids is 1. The van der Waals surface area contributed by atoms with Crippen LogP contribution in [0.4, 0.5) is 5.69 Å². The lowest BCUT2D eigenvalue weighted by molar-refractivity contribution is -0.117. The molecule has 0 spiro atoms. The summed E-state index contributed by atoms with van der Waals surface area (Å²) in [5.74, 6) is 2.26. The van der Waals surface area contributed by atoms with E-state index in [1.807, 2.05) is 42.2 Å². The van der Waals surface area contributed by atoms with Crippen LogP contribution in [0.25, 0.3) is 0 Å². The number of carbonyl (C=O) groups is 1. The van der Waals surface area contributed by atoms with Crippen LogP contribution in [0.15, 0.2) is 42.5 Å². The maximum atomic E-state index is 11.8. The number of ether oxygens (including phenoxy) is 2. The fourth-order valence-electron chi connectivity index (χ4n) is 4.22. The number of nitrogens with zero attached hydrogens (tertiary/aromatic N) is 1. The van der Waals surface area contributed by atoms with Gasteiger partial charge in [0, 0.05) is 37.2 Å². The Kier molecular flexibility index (Phi) is 7.56. The number of nitrogens with one attached hydrogen (secondary N) is 1. The van der Waals surface area contributed by atoms with Crippen LogP contribution in [-0.4, -0.2) is 50.5 Å². The Morgan fingerprint density at radius 3 is 2.52 bits per heavy atom. The molecule has 6 nitrogen and oxygen atoms in total. The Labute approximate surface area is 196 Å². The molecule has 3 fully saturated rings. The Hall–Kier alpha value is -2.57. The van der Waals surface area contributed by atoms with E-state index in [1.54, 1.807) is 12.1 Å². The van der Waals surface area contributed by atoms with Gasteiger partial charge in [0.15, 0.2) is 0 Å². The predicted octanol–water partition coefficient (Wildman–Crippen LogP) is 4.40. The van der Waals surface area contributed by atoms with Crippen LogP contribution in [0.3, 0.4) is 0 Å². The highest BCUT2D eigenvalue weighted by atomic mass is 16.5. The number of aryl methyl sites for hydroxylation is 1. The topological polar surface area (TPSA) is 71.0 Å². The van der Waals surface area contributed by atoms with Crippen molar-refractivity contribution >= 4 is 11.6 Å². The number of phenolic OH excluding ortho intramolecular Hbond substituents is 1. The quantitative estimate of drug-likeness (QED) is 0.581. The van der Waals surface area contributed by atoms with Gasteiger partial charge >= 0.3 is 0 Å². The molecule has 3 aliphatic rings.